The number of aromatic nitrogens is 2. The van der Waals surface area contributed by atoms with Crippen molar-refractivity contribution in [2.24, 2.45) is 0 Å². The maximum absolute atomic E-state index is 12.6. The first-order valence-corrected chi connectivity index (χ1v) is 9.01. The highest BCUT2D eigenvalue weighted by Crippen LogP contribution is 2.19. The van der Waals surface area contributed by atoms with Crippen LogP contribution in [0.15, 0.2) is 48.5 Å². The van der Waals surface area contributed by atoms with Crippen molar-refractivity contribution in [1.82, 2.24) is 20.6 Å². The highest BCUT2D eigenvalue weighted by atomic mass is 16.2. The van der Waals surface area contributed by atoms with E-state index < -0.39 is 0 Å². The number of para-hydroxylation sites is 2. The first kappa shape index (κ1) is 17.1. The number of H-pyrrole nitrogens is 1. The van der Waals surface area contributed by atoms with Crippen LogP contribution in [-0.4, -0.2) is 27.9 Å². The van der Waals surface area contributed by atoms with Gasteiger partial charge in [0.25, 0.3) is 5.91 Å². The maximum atomic E-state index is 12.6. The molecular formula is C20H21N5O2. The van der Waals surface area contributed by atoms with Crippen LogP contribution in [-0.2, 0) is 0 Å². The molecule has 7 heteroatoms. The van der Waals surface area contributed by atoms with Crippen LogP contribution in [0.25, 0.3) is 11.0 Å². The minimum absolute atomic E-state index is 0.228. The van der Waals surface area contributed by atoms with Crippen LogP contribution in [0.3, 0.4) is 0 Å². The van der Waals surface area contributed by atoms with Crippen LogP contribution in [0.2, 0.25) is 0 Å². The molecule has 0 aliphatic heterocycles. The molecular weight excluding hydrogens is 342 g/mol. The predicted molar refractivity (Wildman–Crippen MR) is 104 cm³/mol. The van der Waals surface area contributed by atoms with Crippen LogP contribution in [0.4, 0.5) is 10.5 Å². The summed E-state index contributed by atoms with van der Waals surface area (Å²) in [6.45, 7) is 1.88. The lowest BCUT2D eigenvalue weighted by Crippen LogP contribution is -2.30. The number of nitrogens with one attached hydrogen (secondary N) is 4. The topological polar surface area (TPSA) is 98.9 Å². The fourth-order valence-electron chi connectivity index (χ4n) is 2.84. The van der Waals surface area contributed by atoms with Crippen molar-refractivity contribution in [1.29, 1.82) is 0 Å². The minimum atomic E-state index is -0.278. The second-order valence-electron chi connectivity index (χ2n) is 6.79. The Kier molecular flexibility index (Phi) is 4.50. The van der Waals surface area contributed by atoms with E-state index in [1.807, 2.05) is 31.2 Å². The molecule has 1 aliphatic rings. The summed E-state index contributed by atoms with van der Waals surface area (Å²) in [4.78, 5) is 32.2. The van der Waals surface area contributed by atoms with Gasteiger partial charge in [-0.1, -0.05) is 18.2 Å². The molecule has 0 spiro atoms. The number of rotatable bonds is 5. The molecule has 4 N–H and O–H groups in total. The summed E-state index contributed by atoms with van der Waals surface area (Å²) in [5, 5.41) is 8.55. The zero-order chi connectivity index (χ0) is 18.8. The van der Waals surface area contributed by atoms with E-state index in [-0.39, 0.29) is 24.0 Å². The number of carbonyl (C=O) groups is 2. The predicted octanol–water partition coefficient (Wildman–Crippen LogP) is 3.34. The van der Waals surface area contributed by atoms with E-state index in [1.165, 1.54) is 0 Å². The highest BCUT2D eigenvalue weighted by molar-refractivity contribution is 5.97. The Morgan fingerprint density at radius 1 is 1.15 bits per heavy atom. The largest absolute Gasteiger partial charge is 0.342 e. The molecule has 27 heavy (non-hydrogen) atoms. The van der Waals surface area contributed by atoms with Crippen molar-refractivity contribution >= 4 is 28.7 Å². The third-order valence-electron chi connectivity index (χ3n) is 4.46. The molecule has 1 aromatic heterocycles. The summed E-state index contributed by atoms with van der Waals surface area (Å²) in [6.07, 6.45) is 2.05. The summed E-state index contributed by atoms with van der Waals surface area (Å²) in [5.41, 5.74) is 2.85. The Bertz CT molecular complexity index is 960. The van der Waals surface area contributed by atoms with Crippen LogP contribution in [0, 0.1) is 0 Å². The summed E-state index contributed by atoms with van der Waals surface area (Å²) < 4.78 is 0. The average molecular weight is 363 g/mol. The van der Waals surface area contributed by atoms with Gasteiger partial charge in [0.15, 0.2) is 0 Å². The zero-order valence-corrected chi connectivity index (χ0v) is 15.0. The van der Waals surface area contributed by atoms with Gasteiger partial charge in [0.05, 0.1) is 17.1 Å². The van der Waals surface area contributed by atoms with E-state index in [0.717, 1.165) is 23.9 Å². The molecule has 1 fully saturated rings. The molecule has 1 heterocycles. The molecule has 3 aromatic rings. The van der Waals surface area contributed by atoms with Gasteiger partial charge in [-0.2, -0.15) is 0 Å². The molecule has 0 saturated heterocycles. The van der Waals surface area contributed by atoms with E-state index in [1.54, 1.807) is 24.3 Å². The second-order valence-corrected chi connectivity index (χ2v) is 6.79. The molecule has 4 rings (SSSR count). The molecule has 1 unspecified atom stereocenters. The van der Waals surface area contributed by atoms with E-state index >= 15 is 0 Å². The summed E-state index contributed by atoms with van der Waals surface area (Å²) >= 11 is 0. The Balaban J connectivity index is 1.42. The number of hydrogen-bond donors (Lipinski definition) is 4. The standard InChI is InChI=1S/C20H21N5O2/c1-12(18-24-16-7-2-3-8-17(16)25-18)21-19(26)13-5-4-6-15(11-13)23-20(27)22-14-9-10-14/h2-8,11-12,14H,9-10H2,1H3,(H,21,26)(H,24,25)(H2,22,23,27). The van der Waals surface area contributed by atoms with E-state index in [4.69, 9.17) is 0 Å². The fourth-order valence-corrected chi connectivity index (χ4v) is 2.84. The number of hydrogen-bond acceptors (Lipinski definition) is 3. The number of amides is 3. The van der Waals surface area contributed by atoms with Crippen molar-refractivity contribution in [3.05, 3.63) is 59.9 Å². The SMILES string of the molecule is CC(NC(=O)c1cccc(NC(=O)NC2CC2)c1)c1nc2ccccc2[nH]1. The lowest BCUT2D eigenvalue weighted by Gasteiger charge is -2.12. The van der Waals surface area contributed by atoms with Crippen molar-refractivity contribution in [2.45, 2.75) is 31.8 Å². The number of carbonyl (C=O) groups excluding carboxylic acids is 2. The van der Waals surface area contributed by atoms with Gasteiger partial charge in [0.1, 0.15) is 5.82 Å². The lowest BCUT2D eigenvalue weighted by molar-refractivity contribution is 0.0938. The van der Waals surface area contributed by atoms with Gasteiger partial charge in [-0.05, 0) is 50.1 Å². The third-order valence-corrected chi connectivity index (χ3v) is 4.46. The van der Waals surface area contributed by atoms with Gasteiger partial charge in [-0.15, -0.1) is 0 Å². The number of urea groups is 1. The van der Waals surface area contributed by atoms with Crippen LogP contribution in [0.1, 0.15) is 42.0 Å². The van der Waals surface area contributed by atoms with Crippen molar-refractivity contribution in [2.75, 3.05) is 5.32 Å². The van der Waals surface area contributed by atoms with Crippen LogP contribution >= 0.6 is 0 Å². The molecule has 0 bridgehead atoms. The summed E-state index contributed by atoms with van der Waals surface area (Å²) in [6, 6.07) is 14.4. The van der Waals surface area contributed by atoms with Crippen LogP contribution in [0.5, 0.6) is 0 Å². The fraction of sp³-hybridized carbons (Fsp3) is 0.250. The Hall–Kier alpha value is -3.35. The van der Waals surface area contributed by atoms with Crippen LogP contribution < -0.4 is 16.0 Å². The normalized spacial score (nSPS) is 14.6. The second kappa shape index (κ2) is 7.11. The molecule has 0 radical (unpaired) electrons. The number of nitrogens with zero attached hydrogens (tertiary/aromatic N) is 1. The number of imidazole rings is 1. The minimum Gasteiger partial charge on any atom is -0.342 e. The number of anilines is 1. The first-order chi connectivity index (χ1) is 13.1. The quantitative estimate of drug-likeness (QED) is 0.559. The number of fused-ring (bicyclic) bond motifs is 1. The van der Waals surface area contributed by atoms with Gasteiger partial charge in [-0.25, -0.2) is 9.78 Å². The third kappa shape index (κ3) is 4.08. The highest BCUT2D eigenvalue weighted by Gasteiger charge is 2.23. The van der Waals surface area contributed by atoms with Crippen molar-refractivity contribution < 1.29 is 9.59 Å². The van der Waals surface area contributed by atoms with E-state index in [0.29, 0.717) is 17.1 Å². The Labute approximate surface area is 156 Å². The van der Waals surface area contributed by atoms with Crippen molar-refractivity contribution in [3.8, 4) is 0 Å². The van der Waals surface area contributed by atoms with Gasteiger partial charge >= 0.3 is 6.03 Å². The Morgan fingerprint density at radius 2 is 1.96 bits per heavy atom. The molecule has 138 valence electrons. The molecule has 2 aromatic carbocycles. The number of aromatic amines is 1. The Morgan fingerprint density at radius 3 is 2.74 bits per heavy atom. The van der Waals surface area contributed by atoms with Gasteiger partial charge in [0.2, 0.25) is 0 Å². The number of benzene rings is 2. The molecule has 3 amide bonds. The average Bonchev–Trinajstić information content (AvgIpc) is 3.35. The summed E-state index contributed by atoms with van der Waals surface area (Å²) in [7, 11) is 0. The van der Waals surface area contributed by atoms with E-state index in [9.17, 15) is 9.59 Å². The summed E-state index contributed by atoms with van der Waals surface area (Å²) in [5.74, 6) is 0.469. The molecule has 7 nitrogen and oxygen atoms in total. The van der Waals surface area contributed by atoms with Gasteiger partial charge in [0, 0.05) is 17.3 Å². The molecule has 1 aliphatic carbocycles. The zero-order valence-electron chi connectivity index (χ0n) is 15.0. The molecule has 1 atom stereocenters. The molecule has 1 saturated carbocycles. The first-order valence-electron chi connectivity index (χ1n) is 9.01. The van der Waals surface area contributed by atoms with E-state index in [2.05, 4.69) is 25.9 Å². The maximum Gasteiger partial charge on any atom is 0.319 e. The van der Waals surface area contributed by atoms with Gasteiger partial charge in [-0.3, -0.25) is 4.79 Å². The smallest absolute Gasteiger partial charge is 0.319 e. The lowest BCUT2D eigenvalue weighted by atomic mass is 10.1. The monoisotopic (exact) mass is 363 g/mol. The van der Waals surface area contributed by atoms with Crippen molar-refractivity contribution in [3.63, 3.8) is 0 Å². The van der Waals surface area contributed by atoms with Gasteiger partial charge < -0.3 is 20.9 Å².